The van der Waals surface area contributed by atoms with E-state index in [1.54, 1.807) is 4.90 Å². The van der Waals surface area contributed by atoms with Gasteiger partial charge >= 0.3 is 0 Å². The molecule has 154 valence electrons. The van der Waals surface area contributed by atoms with Crippen LogP contribution < -0.4 is 9.80 Å². The molecule has 1 aliphatic carbocycles. The Kier molecular flexibility index (Phi) is 4.61. The number of hydrogen-bond donors (Lipinski definition) is 0. The number of amides is 1. The van der Waals surface area contributed by atoms with Crippen LogP contribution >= 0.6 is 0 Å². The van der Waals surface area contributed by atoms with Crippen LogP contribution in [0.1, 0.15) is 38.4 Å². The van der Waals surface area contributed by atoms with E-state index in [1.807, 2.05) is 39.1 Å². The molecular formula is C25H27N3O2. The number of fused-ring (bicyclic) bond motifs is 1. The Morgan fingerprint density at radius 2 is 1.73 bits per heavy atom. The Bertz CT molecular complexity index is 1080. The molecule has 2 aromatic carbocycles. The molecule has 0 saturated heterocycles. The lowest BCUT2D eigenvalue weighted by Gasteiger charge is -2.44. The highest BCUT2D eigenvalue weighted by molar-refractivity contribution is 6.06. The normalized spacial score (nSPS) is 19.4. The van der Waals surface area contributed by atoms with Crippen LogP contribution in [0.15, 0.2) is 53.1 Å². The van der Waals surface area contributed by atoms with Gasteiger partial charge in [0.05, 0.1) is 16.9 Å². The van der Waals surface area contributed by atoms with Crippen molar-refractivity contribution in [2.75, 3.05) is 16.8 Å². The molecule has 5 nitrogen and oxygen atoms in total. The summed E-state index contributed by atoms with van der Waals surface area (Å²) < 4.78 is 5.61. The van der Waals surface area contributed by atoms with E-state index in [1.165, 1.54) is 12.8 Å². The summed E-state index contributed by atoms with van der Waals surface area (Å²) in [5, 5.41) is 4.36. The van der Waals surface area contributed by atoms with Gasteiger partial charge < -0.3 is 14.3 Å². The van der Waals surface area contributed by atoms with E-state index >= 15 is 0 Å². The minimum absolute atomic E-state index is 0.155. The first-order chi connectivity index (χ1) is 14.6. The van der Waals surface area contributed by atoms with Crippen molar-refractivity contribution in [2.45, 2.75) is 51.6 Å². The third kappa shape index (κ3) is 2.92. The van der Waals surface area contributed by atoms with Crippen LogP contribution in [0.3, 0.4) is 0 Å². The summed E-state index contributed by atoms with van der Waals surface area (Å²) >= 11 is 0. The van der Waals surface area contributed by atoms with Crippen molar-refractivity contribution < 1.29 is 9.32 Å². The molecule has 0 spiro atoms. The quantitative estimate of drug-likeness (QED) is 0.587. The van der Waals surface area contributed by atoms with Gasteiger partial charge in [-0.2, -0.15) is 0 Å². The van der Waals surface area contributed by atoms with Gasteiger partial charge in [0.1, 0.15) is 17.5 Å². The molecule has 5 heteroatoms. The first kappa shape index (κ1) is 18.9. The van der Waals surface area contributed by atoms with E-state index in [0.29, 0.717) is 6.04 Å². The lowest BCUT2D eigenvalue weighted by molar-refractivity contribution is -0.119. The zero-order valence-electron chi connectivity index (χ0n) is 17.8. The van der Waals surface area contributed by atoms with Crippen molar-refractivity contribution >= 4 is 17.3 Å². The largest absolute Gasteiger partial charge is 0.360 e. The van der Waals surface area contributed by atoms with Crippen molar-refractivity contribution in [1.29, 1.82) is 0 Å². The Morgan fingerprint density at radius 1 is 1.00 bits per heavy atom. The van der Waals surface area contributed by atoms with Gasteiger partial charge in [-0.25, -0.2) is 0 Å². The lowest BCUT2D eigenvalue weighted by atomic mass is 9.96. The number of anilines is 2. The molecule has 30 heavy (non-hydrogen) atoms. The Labute approximate surface area is 177 Å². The number of nitrogens with zero attached hydrogens (tertiary/aromatic N) is 3. The van der Waals surface area contributed by atoms with E-state index in [4.69, 9.17) is 4.52 Å². The number of rotatable bonds is 3. The lowest BCUT2D eigenvalue weighted by Crippen LogP contribution is -2.54. The minimum atomic E-state index is -0.155. The van der Waals surface area contributed by atoms with Crippen molar-refractivity contribution in [3.8, 4) is 22.4 Å². The monoisotopic (exact) mass is 401 g/mol. The molecule has 1 fully saturated rings. The van der Waals surface area contributed by atoms with Crippen LogP contribution in [0, 0.1) is 6.92 Å². The fourth-order valence-corrected chi connectivity index (χ4v) is 5.10. The number of aryl methyl sites for hydroxylation is 1. The zero-order chi connectivity index (χ0) is 20.8. The summed E-state index contributed by atoms with van der Waals surface area (Å²) in [4.78, 5) is 17.1. The Hall–Kier alpha value is -3.08. The number of likely N-dealkylation sites (N-methyl/N-ethyl adjacent to an activating group) is 1. The smallest absolute Gasteiger partial charge is 0.249 e. The molecule has 5 rings (SSSR count). The standard InChI is InChI=1S/C25H27N3O2/c1-16-25(29)27(3)21-14-13-19(15-22(21)28(16)20-11-7-8-12-20)23-17(2)30-26-24(23)18-9-5-4-6-10-18/h4-6,9-10,13-16,20H,7-8,11-12H2,1-3H3/t16-/m1/s1. The molecule has 1 amide bonds. The molecule has 1 saturated carbocycles. The fraction of sp³-hybridized carbons (Fsp3) is 0.360. The number of aromatic nitrogens is 1. The first-order valence-corrected chi connectivity index (χ1v) is 10.8. The molecule has 3 aromatic rings. The number of carbonyl (C=O) groups is 1. The molecule has 2 aliphatic rings. The molecule has 1 aromatic heterocycles. The average molecular weight is 402 g/mol. The summed E-state index contributed by atoms with van der Waals surface area (Å²) in [5.41, 5.74) is 6.09. The van der Waals surface area contributed by atoms with E-state index in [9.17, 15) is 4.79 Å². The molecule has 0 radical (unpaired) electrons. The van der Waals surface area contributed by atoms with Crippen molar-refractivity contribution in [3.05, 3.63) is 54.3 Å². The van der Waals surface area contributed by atoms with Gasteiger partial charge in [-0.1, -0.05) is 54.4 Å². The van der Waals surface area contributed by atoms with E-state index < -0.39 is 0 Å². The van der Waals surface area contributed by atoms with Crippen molar-refractivity contribution in [2.24, 2.45) is 0 Å². The molecule has 0 N–H and O–H groups in total. The molecule has 1 aliphatic heterocycles. The van der Waals surface area contributed by atoms with Crippen molar-refractivity contribution in [3.63, 3.8) is 0 Å². The van der Waals surface area contributed by atoms with Crippen LogP contribution in [0.25, 0.3) is 22.4 Å². The predicted molar refractivity (Wildman–Crippen MR) is 120 cm³/mol. The van der Waals surface area contributed by atoms with Gasteiger partial charge in [0.15, 0.2) is 0 Å². The second-order valence-corrected chi connectivity index (χ2v) is 8.45. The number of carbonyl (C=O) groups excluding carboxylic acids is 1. The number of benzene rings is 2. The van der Waals surface area contributed by atoms with E-state index in [2.05, 4.69) is 40.4 Å². The molecular weight excluding hydrogens is 374 g/mol. The third-order valence-corrected chi connectivity index (χ3v) is 6.64. The maximum Gasteiger partial charge on any atom is 0.249 e. The predicted octanol–water partition coefficient (Wildman–Crippen LogP) is 5.43. The molecule has 0 unspecified atom stereocenters. The second kappa shape index (κ2) is 7.31. The maximum absolute atomic E-state index is 12.9. The summed E-state index contributed by atoms with van der Waals surface area (Å²) in [6.45, 7) is 3.99. The third-order valence-electron chi connectivity index (χ3n) is 6.64. The van der Waals surface area contributed by atoms with Gasteiger partial charge in [-0.05, 0) is 44.4 Å². The van der Waals surface area contributed by atoms with Crippen LogP contribution in [-0.2, 0) is 4.79 Å². The highest BCUT2D eigenvalue weighted by atomic mass is 16.5. The number of hydrogen-bond acceptors (Lipinski definition) is 4. The van der Waals surface area contributed by atoms with Crippen LogP contribution in [-0.4, -0.2) is 30.2 Å². The first-order valence-electron chi connectivity index (χ1n) is 10.8. The van der Waals surface area contributed by atoms with E-state index in [-0.39, 0.29) is 11.9 Å². The van der Waals surface area contributed by atoms with Crippen LogP contribution in [0.2, 0.25) is 0 Å². The molecule has 2 heterocycles. The molecule has 1 atom stereocenters. The maximum atomic E-state index is 12.9. The summed E-state index contributed by atoms with van der Waals surface area (Å²) in [6.07, 6.45) is 4.75. The van der Waals surface area contributed by atoms with Gasteiger partial charge in [-0.15, -0.1) is 0 Å². The highest BCUT2D eigenvalue weighted by Gasteiger charge is 2.38. The second-order valence-electron chi connectivity index (χ2n) is 8.45. The van der Waals surface area contributed by atoms with E-state index in [0.717, 1.165) is 52.4 Å². The summed E-state index contributed by atoms with van der Waals surface area (Å²) in [6, 6.07) is 16.8. The van der Waals surface area contributed by atoms with Crippen LogP contribution in [0.5, 0.6) is 0 Å². The minimum Gasteiger partial charge on any atom is -0.360 e. The van der Waals surface area contributed by atoms with Gasteiger partial charge in [0.2, 0.25) is 5.91 Å². The average Bonchev–Trinajstić information content (AvgIpc) is 3.43. The fourth-order valence-electron chi connectivity index (χ4n) is 5.10. The Morgan fingerprint density at radius 3 is 2.47 bits per heavy atom. The zero-order valence-corrected chi connectivity index (χ0v) is 17.8. The SMILES string of the molecule is Cc1onc(-c2ccccc2)c1-c1ccc2c(c1)N(C1CCCC1)[C@H](C)C(=O)N2C. The van der Waals surface area contributed by atoms with Crippen molar-refractivity contribution in [1.82, 2.24) is 5.16 Å². The highest BCUT2D eigenvalue weighted by Crippen LogP contribution is 2.44. The topological polar surface area (TPSA) is 49.6 Å². The summed E-state index contributed by atoms with van der Waals surface area (Å²) in [7, 11) is 1.88. The van der Waals surface area contributed by atoms with Gasteiger partial charge in [-0.3, -0.25) is 4.79 Å². The van der Waals surface area contributed by atoms with Crippen LogP contribution in [0.4, 0.5) is 11.4 Å². The molecule has 0 bridgehead atoms. The summed E-state index contributed by atoms with van der Waals surface area (Å²) in [5.74, 6) is 0.961. The van der Waals surface area contributed by atoms with Gasteiger partial charge in [0, 0.05) is 18.7 Å². The van der Waals surface area contributed by atoms with Gasteiger partial charge in [0.25, 0.3) is 0 Å². The Balaban J connectivity index is 1.66.